The van der Waals surface area contributed by atoms with Gasteiger partial charge in [-0.1, -0.05) is 6.07 Å². The molecule has 4 heteroatoms. The van der Waals surface area contributed by atoms with Crippen molar-refractivity contribution < 1.29 is 14.2 Å². The summed E-state index contributed by atoms with van der Waals surface area (Å²) in [5.74, 6) is -0.105. The fraction of sp³-hybridized carbons (Fsp3) is 0.500. The Kier molecular flexibility index (Phi) is 4.71. The van der Waals surface area contributed by atoms with E-state index in [0.29, 0.717) is 6.54 Å². The average molecular weight is 227 g/mol. The molecule has 1 rings (SSSR count). The summed E-state index contributed by atoms with van der Waals surface area (Å²) in [5.41, 5.74) is 0.862. The number of hydrogen-bond donors (Lipinski definition) is 1. The molecule has 1 aromatic rings. The molecule has 0 aliphatic carbocycles. The molecule has 0 saturated carbocycles. The first-order chi connectivity index (χ1) is 7.58. The standard InChI is InChI=1S/C12H18FNO2/c1-9(8-15)14(2)7-10-4-5-12(16-3)11(13)6-10/h4-6,9,15H,7-8H2,1-3H3. The zero-order chi connectivity index (χ0) is 12.1. The molecule has 1 unspecified atom stereocenters. The lowest BCUT2D eigenvalue weighted by atomic mass is 10.2. The van der Waals surface area contributed by atoms with Gasteiger partial charge in [-0.3, -0.25) is 4.90 Å². The molecule has 0 amide bonds. The van der Waals surface area contributed by atoms with Gasteiger partial charge in [-0.25, -0.2) is 4.39 Å². The summed E-state index contributed by atoms with van der Waals surface area (Å²) in [5, 5.41) is 8.98. The minimum atomic E-state index is -0.356. The molecule has 0 radical (unpaired) electrons. The van der Waals surface area contributed by atoms with Crippen LogP contribution < -0.4 is 4.74 Å². The second kappa shape index (κ2) is 5.82. The molecule has 0 bridgehead atoms. The van der Waals surface area contributed by atoms with E-state index < -0.39 is 0 Å². The van der Waals surface area contributed by atoms with Gasteiger partial charge in [0, 0.05) is 12.6 Å². The second-order valence-corrected chi connectivity index (χ2v) is 3.92. The lowest BCUT2D eigenvalue weighted by Gasteiger charge is -2.22. The van der Waals surface area contributed by atoms with Gasteiger partial charge in [-0.2, -0.15) is 0 Å². The first-order valence-corrected chi connectivity index (χ1v) is 5.22. The molecule has 1 aromatic carbocycles. The molecule has 0 aliphatic heterocycles. The summed E-state index contributed by atoms with van der Waals surface area (Å²) in [6.07, 6.45) is 0. The van der Waals surface area contributed by atoms with Crippen molar-refractivity contribution in [3.63, 3.8) is 0 Å². The number of halogens is 1. The molecule has 90 valence electrons. The Morgan fingerprint density at radius 1 is 1.50 bits per heavy atom. The van der Waals surface area contributed by atoms with Crippen LogP contribution in [0.3, 0.4) is 0 Å². The van der Waals surface area contributed by atoms with Crippen molar-refractivity contribution >= 4 is 0 Å². The molecule has 0 aromatic heterocycles. The predicted molar refractivity (Wildman–Crippen MR) is 61.0 cm³/mol. The minimum absolute atomic E-state index is 0.0603. The molecule has 3 nitrogen and oxygen atoms in total. The van der Waals surface area contributed by atoms with Crippen molar-refractivity contribution in [3.8, 4) is 5.75 Å². The number of aliphatic hydroxyl groups excluding tert-OH is 1. The maximum absolute atomic E-state index is 13.4. The number of nitrogens with zero attached hydrogens (tertiary/aromatic N) is 1. The zero-order valence-electron chi connectivity index (χ0n) is 9.90. The summed E-state index contributed by atoms with van der Waals surface area (Å²) in [7, 11) is 3.33. The third-order valence-electron chi connectivity index (χ3n) is 2.66. The highest BCUT2D eigenvalue weighted by molar-refractivity contribution is 5.29. The number of rotatable bonds is 5. The Morgan fingerprint density at radius 3 is 2.69 bits per heavy atom. The van der Waals surface area contributed by atoms with E-state index >= 15 is 0 Å². The van der Waals surface area contributed by atoms with E-state index in [1.165, 1.54) is 13.2 Å². The molecular weight excluding hydrogens is 209 g/mol. The van der Waals surface area contributed by atoms with Crippen LogP contribution in [0.25, 0.3) is 0 Å². The Morgan fingerprint density at radius 2 is 2.19 bits per heavy atom. The Balaban J connectivity index is 2.71. The summed E-state index contributed by atoms with van der Waals surface area (Å²) >= 11 is 0. The Hall–Kier alpha value is -1.13. The van der Waals surface area contributed by atoms with Gasteiger partial charge in [-0.05, 0) is 31.7 Å². The van der Waals surface area contributed by atoms with Crippen molar-refractivity contribution in [3.05, 3.63) is 29.6 Å². The smallest absolute Gasteiger partial charge is 0.165 e. The lowest BCUT2D eigenvalue weighted by molar-refractivity contribution is 0.154. The second-order valence-electron chi connectivity index (χ2n) is 3.92. The Bertz CT molecular complexity index is 344. The number of hydrogen-bond acceptors (Lipinski definition) is 3. The monoisotopic (exact) mass is 227 g/mol. The van der Waals surface area contributed by atoms with Gasteiger partial charge < -0.3 is 9.84 Å². The molecule has 16 heavy (non-hydrogen) atoms. The van der Waals surface area contributed by atoms with E-state index in [0.717, 1.165) is 5.56 Å². The summed E-state index contributed by atoms with van der Waals surface area (Å²) in [6, 6.07) is 4.95. The van der Waals surface area contributed by atoms with E-state index in [2.05, 4.69) is 0 Å². The largest absolute Gasteiger partial charge is 0.494 e. The van der Waals surface area contributed by atoms with Crippen molar-refractivity contribution in [1.29, 1.82) is 0 Å². The van der Waals surface area contributed by atoms with Gasteiger partial charge >= 0.3 is 0 Å². The van der Waals surface area contributed by atoms with Gasteiger partial charge in [0.15, 0.2) is 11.6 Å². The number of aliphatic hydroxyl groups is 1. The van der Waals surface area contributed by atoms with E-state index in [9.17, 15) is 4.39 Å². The lowest BCUT2D eigenvalue weighted by Crippen LogP contribution is -2.31. The SMILES string of the molecule is COc1ccc(CN(C)C(C)CO)cc1F. The van der Waals surface area contributed by atoms with Gasteiger partial charge in [-0.15, -0.1) is 0 Å². The highest BCUT2D eigenvalue weighted by Crippen LogP contribution is 2.18. The van der Waals surface area contributed by atoms with E-state index in [1.54, 1.807) is 6.07 Å². The third kappa shape index (κ3) is 3.18. The van der Waals surface area contributed by atoms with Crippen molar-refractivity contribution in [2.24, 2.45) is 0 Å². The van der Waals surface area contributed by atoms with Crippen LogP contribution in [0.2, 0.25) is 0 Å². The summed E-state index contributed by atoms with van der Waals surface area (Å²) in [6.45, 7) is 2.61. The van der Waals surface area contributed by atoms with Crippen LogP contribution in [0.4, 0.5) is 4.39 Å². The fourth-order valence-electron chi connectivity index (χ4n) is 1.39. The predicted octanol–water partition coefficient (Wildman–Crippen LogP) is 1.65. The molecule has 0 heterocycles. The number of likely N-dealkylation sites (N-methyl/N-ethyl adjacent to an activating group) is 1. The van der Waals surface area contributed by atoms with Crippen LogP contribution in [0.5, 0.6) is 5.75 Å². The van der Waals surface area contributed by atoms with E-state index in [4.69, 9.17) is 9.84 Å². The molecule has 0 saturated heterocycles. The van der Waals surface area contributed by atoms with Crippen LogP contribution in [-0.2, 0) is 6.54 Å². The summed E-state index contributed by atoms with van der Waals surface area (Å²) in [4.78, 5) is 1.96. The zero-order valence-corrected chi connectivity index (χ0v) is 9.90. The fourth-order valence-corrected chi connectivity index (χ4v) is 1.39. The molecule has 0 fully saturated rings. The molecule has 1 N–H and O–H groups in total. The number of methoxy groups -OCH3 is 1. The van der Waals surface area contributed by atoms with Crippen LogP contribution in [-0.4, -0.2) is 36.8 Å². The first kappa shape index (κ1) is 12.9. The van der Waals surface area contributed by atoms with Crippen molar-refractivity contribution in [1.82, 2.24) is 4.90 Å². The topological polar surface area (TPSA) is 32.7 Å². The molecule has 0 aliphatic rings. The third-order valence-corrected chi connectivity index (χ3v) is 2.66. The van der Waals surface area contributed by atoms with E-state index in [1.807, 2.05) is 24.9 Å². The minimum Gasteiger partial charge on any atom is -0.494 e. The van der Waals surface area contributed by atoms with Crippen LogP contribution in [0, 0.1) is 5.82 Å². The van der Waals surface area contributed by atoms with Gasteiger partial charge in [0.25, 0.3) is 0 Å². The van der Waals surface area contributed by atoms with Gasteiger partial charge in [0.2, 0.25) is 0 Å². The molecular formula is C12H18FNO2. The normalized spacial score (nSPS) is 12.9. The van der Waals surface area contributed by atoms with E-state index in [-0.39, 0.29) is 24.2 Å². The number of benzene rings is 1. The van der Waals surface area contributed by atoms with Crippen molar-refractivity contribution in [2.75, 3.05) is 20.8 Å². The van der Waals surface area contributed by atoms with Crippen LogP contribution >= 0.6 is 0 Å². The first-order valence-electron chi connectivity index (χ1n) is 5.22. The van der Waals surface area contributed by atoms with Gasteiger partial charge in [0.05, 0.1) is 13.7 Å². The maximum Gasteiger partial charge on any atom is 0.165 e. The van der Waals surface area contributed by atoms with Crippen LogP contribution in [0.1, 0.15) is 12.5 Å². The molecule has 0 spiro atoms. The number of ether oxygens (including phenoxy) is 1. The Labute approximate surface area is 95.5 Å². The van der Waals surface area contributed by atoms with Crippen LogP contribution in [0.15, 0.2) is 18.2 Å². The quantitative estimate of drug-likeness (QED) is 0.830. The molecule has 1 atom stereocenters. The average Bonchev–Trinajstić information content (AvgIpc) is 2.28. The highest BCUT2D eigenvalue weighted by Gasteiger charge is 2.10. The highest BCUT2D eigenvalue weighted by atomic mass is 19.1. The maximum atomic E-state index is 13.4. The van der Waals surface area contributed by atoms with Crippen molar-refractivity contribution in [2.45, 2.75) is 19.5 Å². The summed E-state index contributed by atoms with van der Waals surface area (Å²) < 4.78 is 18.2. The van der Waals surface area contributed by atoms with Gasteiger partial charge in [0.1, 0.15) is 0 Å².